The van der Waals surface area contributed by atoms with Gasteiger partial charge in [-0.25, -0.2) is 21.6 Å². The number of sulfonamides is 2. The van der Waals surface area contributed by atoms with Crippen LogP contribution < -0.4 is 9.44 Å². The highest BCUT2D eigenvalue weighted by molar-refractivity contribution is 7.92. The summed E-state index contributed by atoms with van der Waals surface area (Å²) in [6, 6.07) is 14.8. The van der Waals surface area contributed by atoms with Gasteiger partial charge in [-0.15, -0.1) is 0 Å². The molecule has 0 radical (unpaired) electrons. The third kappa shape index (κ3) is 5.84. The lowest BCUT2D eigenvalue weighted by Gasteiger charge is -2.08. The fourth-order valence-corrected chi connectivity index (χ4v) is 4.12. The van der Waals surface area contributed by atoms with Gasteiger partial charge in [0.1, 0.15) is 6.07 Å². The Hall–Kier alpha value is -2.41. The molecule has 0 saturated carbocycles. The quantitative estimate of drug-likeness (QED) is 0.664. The number of nitrogens with one attached hydrogen (secondary N) is 2. The highest BCUT2D eigenvalue weighted by Crippen LogP contribution is 2.15. The first kappa shape index (κ1) is 19.9. The third-order valence-electron chi connectivity index (χ3n) is 3.49. The molecule has 0 aliphatic carbocycles. The van der Waals surface area contributed by atoms with Crippen LogP contribution >= 0.6 is 0 Å². The summed E-state index contributed by atoms with van der Waals surface area (Å²) < 4.78 is 51.7. The first-order valence-corrected chi connectivity index (χ1v) is 11.1. The zero-order valence-electron chi connectivity index (χ0n) is 14.1. The Morgan fingerprint density at radius 1 is 1.00 bits per heavy atom. The zero-order chi connectivity index (χ0) is 19.2. The molecule has 0 heterocycles. The van der Waals surface area contributed by atoms with Crippen LogP contribution in [-0.4, -0.2) is 29.6 Å². The molecule has 26 heavy (non-hydrogen) atoms. The van der Waals surface area contributed by atoms with E-state index >= 15 is 0 Å². The van der Waals surface area contributed by atoms with Gasteiger partial charge < -0.3 is 0 Å². The van der Waals surface area contributed by atoms with E-state index in [1.807, 2.05) is 6.07 Å². The standard InChI is InChI=1S/C17H19N3O4S2/c1-25(21,22)20-16-10-8-14(9-11-16)5-4-12-19-26(23,24)17-7-3-2-6-15(17)13-18/h2-3,6-11,19-20H,4-5,12H2,1H3. The lowest BCUT2D eigenvalue weighted by molar-refractivity contribution is 0.578. The number of anilines is 1. The first-order chi connectivity index (χ1) is 12.2. The minimum Gasteiger partial charge on any atom is -0.284 e. The van der Waals surface area contributed by atoms with E-state index < -0.39 is 20.0 Å². The Labute approximate surface area is 153 Å². The Morgan fingerprint density at radius 3 is 2.27 bits per heavy atom. The molecule has 2 aromatic rings. The second-order valence-electron chi connectivity index (χ2n) is 5.68. The minimum atomic E-state index is -3.73. The number of aryl methyl sites for hydroxylation is 1. The van der Waals surface area contributed by atoms with Gasteiger partial charge >= 0.3 is 0 Å². The molecule has 0 atom stereocenters. The van der Waals surface area contributed by atoms with E-state index in [4.69, 9.17) is 5.26 Å². The van der Waals surface area contributed by atoms with Crippen LogP contribution in [0.15, 0.2) is 53.4 Å². The van der Waals surface area contributed by atoms with E-state index in [-0.39, 0.29) is 17.0 Å². The summed E-state index contributed by atoms with van der Waals surface area (Å²) in [5.74, 6) is 0. The highest BCUT2D eigenvalue weighted by atomic mass is 32.2. The molecule has 0 aromatic heterocycles. The van der Waals surface area contributed by atoms with Crippen LogP contribution in [0.4, 0.5) is 5.69 Å². The normalized spacial score (nSPS) is 11.7. The van der Waals surface area contributed by atoms with Gasteiger partial charge in [0.05, 0.1) is 16.7 Å². The Kier molecular flexibility index (Phi) is 6.37. The average Bonchev–Trinajstić information content (AvgIpc) is 2.59. The molecule has 0 fully saturated rings. The molecule has 2 rings (SSSR count). The number of benzene rings is 2. The Morgan fingerprint density at radius 2 is 1.65 bits per heavy atom. The van der Waals surface area contributed by atoms with Crippen LogP contribution in [0.25, 0.3) is 0 Å². The molecule has 7 nitrogen and oxygen atoms in total. The van der Waals surface area contributed by atoms with E-state index in [1.165, 1.54) is 12.1 Å². The molecule has 0 aliphatic heterocycles. The smallest absolute Gasteiger partial charge is 0.241 e. The van der Waals surface area contributed by atoms with Gasteiger partial charge in [-0.2, -0.15) is 5.26 Å². The molecular weight excluding hydrogens is 374 g/mol. The van der Waals surface area contributed by atoms with Crippen molar-refractivity contribution >= 4 is 25.7 Å². The molecule has 138 valence electrons. The van der Waals surface area contributed by atoms with Gasteiger partial charge in [0, 0.05) is 12.2 Å². The topological polar surface area (TPSA) is 116 Å². The lowest BCUT2D eigenvalue weighted by Crippen LogP contribution is -2.25. The van der Waals surface area contributed by atoms with E-state index in [9.17, 15) is 16.8 Å². The van der Waals surface area contributed by atoms with Crippen molar-refractivity contribution in [2.24, 2.45) is 0 Å². The second-order valence-corrected chi connectivity index (χ2v) is 9.16. The van der Waals surface area contributed by atoms with Crippen molar-refractivity contribution < 1.29 is 16.8 Å². The highest BCUT2D eigenvalue weighted by Gasteiger charge is 2.17. The van der Waals surface area contributed by atoms with E-state index in [1.54, 1.807) is 36.4 Å². The summed E-state index contributed by atoms with van der Waals surface area (Å²) in [5, 5.41) is 9.01. The predicted octanol–water partition coefficient (Wildman–Crippen LogP) is 1.84. The molecule has 2 N–H and O–H groups in total. The van der Waals surface area contributed by atoms with Crippen LogP contribution in [-0.2, 0) is 26.5 Å². The minimum absolute atomic E-state index is 0.0290. The van der Waals surface area contributed by atoms with Crippen molar-refractivity contribution in [1.82, 2.24) is 4.72 Å². The molecule has 0 saturated heterocycles. The summed E-state index contributed by atoms with van der Waals surface area (Å²) in [5.41, 5.74) is 1.54. The summed E-state index contributed by atoms with van der Waals surface area (Å²) in [7, 11) is -7.04. The van der Waals surface area contributed by atoms with Crippen LogP contribution in [0.2, 0.25) is 0 Å². The van der Waals surface area contributed by atoms with E-state index in [0.29, 0.717) is 18.5 Å². The number of hydrogen-bond donors (Lipinski definition) is 2. The van der Waals surface area contributed by atoms with Crippen LogP contribution in [0.1, 0.15) is 17.5 Å². The summed E-state index contributed by atoms with van der Waals surface area (Å²) >= 11 is 0. The molecule has 2 aromatic carbocycles. The fraction of sp³-hybridized carbons (Fsp3) is 0.235. The van der Waals surface area contributed by atoms with Gasteiger partial charge in [-0.1, -0.05) is 24.3 Å². The lowest BCUT2D eigenvalue weighted by atomic mass is 10.1. The predicted molar refractivity (Wildman–Crippen MR) is 99.6 cm³/mol. The maximum atomic E-state index is 12.3. The number of rotatable bonds is 8. The van der Waals surface area contributed by atoms with Gasteiger partial charge in [-0.05, 0) is 42.7 Å². The molecule has 0 amide bonds. The number of nitriles is 1. The maximum absolute atomic E-state index is 12.3. The summed E-state index contributed by atoms with van der Waals surface area (Å²) in [4.78, 5) is -0.0290. The Bertz CT molecular complexity index is 1010. The Balaban J connectivity index is 1.89. The van der Waals surface area contributed by atoms with Crippen LogP contribution in [0, 0.1) is 11.3 Å². The van der Waals surface area contributed by atoms with E-state index in [2.05, 4.69) is 9.44 Å². The third-order valence-corrected chi connectivity index (χ3v) is 5.61. The maximum Gasteiger partial charge on any atom is 0.241 e. The zero-order valence-corrected chi connectivity index (χ0v) is 15.8. The fourth-order valence-electron chi connectivity index (χ4n) is 2.32. The van der Waals surface area contributed by atoms with Gasteiger partial charge in [-0.3, -0.25) is 4.72 Å². The van der Waals surface area contributed by atoms with Crippen LogP contribution in [0.3, 0.4) is 0 Å². The molecule has 0 bridgehead atoms. The van der Waals surface area contributed by atoms with Crippen molar-refractivity contribution in [3.05, 3.63) is 59.7 Å². The molecule has 9 heteroatoms. The first-order valence-electron chi connectivity index (χ1n) is 7.77. The molecule has 0 spiro atoms. The number of hydrogen-bond acceptors (Lipinski definition) is 5. The monoisotopic (exact) mass is 393 g/mol. The van der Waals surface area contributed by atoms with Crippen molar-refractivity contribution in [3.63, 3.8) is 0 Å². The van der Waals surface area contributed by atoms with Crippen molar-refractivity contribution in [1.29, 1.82) is 5.26 Å². The molecular formula is C17H19N3O4S2. The van der Waals surface area contributed by atoms with Gasteiger partial charge in [0.25, 0.3) is 0 Å². The average molecular weight is 393 g/mol. The number of nitrogens with zero attached hydrogens (tertiary/aromatic N) is 1. The SMILES string of the molecule is CS(=O)(=O)Nc1ccc(CCCNS(=O)(=O)c2ccccc2C#N)cc1. The molecule has 0 unspecified atom stereocenters. The van der Waals surface area contributed by atoms with Gasteiger partial charge in [0.2, 0.25) is 20.0 Å². The summed E-state index contributed by atoms with van der Waals surface area (Å²) in [6.45, 7) is 0.228. The summed E-state index contributed by atoms with van der Waals surface area (Å²) in [6.07, 6.45) is 2.27. The van der Waals surface area contributed by atoms with Gasteiger partial charge in [0.15, 0.2) is 0 Å². The molecule has 0 aliphatic rings. The van der Waals surface area contributed by atoms with Crippen LogP contribution in [0.5, 0.6) is 0 Å². The largest absolute Gasteiger partial charge is 0.284 e. The van der Waals surface area contributed by atoms with Crippen molar-refractivity contribution in [3.8, 4) is 6.07 Å². The van der Waals surface area contributed by atoms with E-state index in [0.717, 1.165) is 11.8 Å². The van der Waals surface area contributed by atoms with Crippen molar-refractivity contribution in [2.45, 2.75) is 17.7 Å². The second kappa shape index (κ2) is 8.31. The van der Waals surface area contributed by atoms with Crippen molar-refractivity contribution in [2.75, 3.05) is 17.5 Å².